The van der Waals surface area contributed by atoms with Crippen LogP contribution in [0, 0.1) is 5.92 Å². The van der Waals surface area contributed by atoms with Gasteiger partial charge in [-0.25, -0.2) is 0 Å². The third-order valence-electron chi connectivity index (χ3n) is 3.39. The van der Waals surface area contributed by atoms with Gasteiger partial charge in [0, 0.05) is 25.2 Å². The number of carbonyl (C=O) groups is 2. The summed E-state index contributed by atoms with van der Waals surface area (Å²) in [7, 11) is 0. The molecule has 0 radical (unpaired) electrons. The summed E-state index contributed by atoms with van der Waals surface area (Å²) >= 11 is 0. The lowest BCUT2D eigenvalue weighted by atomic mass is 10.1. The molecule has 0 saturated carbocycles. The Morgan fingerprint density at radius 1 is 1.30 bits per heavy atom. The fourth-order valence-corrected chi connectivity index (χ4v) is 2.28. The normalized spacial score (nSPS) is 14.9. The number of anilines is 1. The van der Waals surface area contributed by atoms with E-state index in [0.29, 0.717) is 25.3 Å². The van der Waals surface area contributed by atoms with Gasteiger partial charge in [-0.3, -0.25) is 9.59 Å². The third kappa shape index (κ3) is 3.83. The van der Waals surface area contributed by atoms with Crippen LogP contribution in [0.2, 0.25) is 0 Å². The summed E-state index contributed by atoms with van der Waals surface area (Å²) in [5.74, 6) is 0.693. The summed E-state index contributed by atoms with van der Waals surface area (Å²) in [6, 6.07) is 7.70. The van der Waals surface area contributed by atoms with Crippen LogP contribution in [0.1, 0.15) is 32.3 Å². The average Bonchev–Trinajstić information content (AvgIpc) is 2.84. The Labute approximate surface area is 120 Å². The number of hydrogen-bond donors (Lipinski definition) is 1. The van der Waals surface area contributed by atoms with Crippen molar-refractivity contribution >= 4 is 17.5 Å². The SMILES string of the molecule is CC(C)CNC(=O)Cc1ccc(N2CCCC2=O)cc1. The minimum atomic E-state index is 0.0451. The molecule has 1 N–H and O–H groups in total. The van der Waals surface area contributed by atoms with Crippen LogP contribution in [0.4, 0.5) is 5.69 Å². The lowest BCUT2D eigenvalue weighted by Gasteiger charge is -2.16. The molecule has 2 rings (SSSR count). The molecule has 2 amide bonds. The molecule has 4 heteroatoms. The van der Waals surface area contributed by atoms with Gasteiger partial charge < -0.3 is 10.2 Å². The van der Waals surface area contributed by atoms with Crippen LogP contribution in [0.3, 0.4) is 0 Å². The second-order valence-corrected chi connectivity index (χ2v) is 5.69. The summed E-state index contributed by atoms with van der Waals surface area (Å²) in [5, 5.41) is 2.90. The van der Waals surface area contributed by atoms with Crippen LogP contribution < -0.4 is 10.2 Å². The lowest BCUT2D eigenvalue weighted by molar-refractivity contribution is -0.120. The minimum Gasteiger partial charge on any atom is -0.356 e. The second kappa shape index (κ2) is 6.55. The van der Waals surface area contributed by atoms with Gasteiger partial charge in [0.25, 0.3) is 0 Å². The average molecular weight is 274 g/mol. The highest BCUT2D eigenvalue weighted by Crippen LogP contribution is 2.21. The van der Waals surface area contributed by atoms with E-state index >= 15 is 0 Å². The van der Waals surface area contributed by atoms with Crippen molar-refractivity contribution < 1.29 is 9.59 Å². The van der Waals surface area contributed by atoms with E-state index in [4.69, 9.17) is 0 Å². The highest BCUT2D eigenvalue weighted by atomic mass is 16.2. The summed E-state index contributed by atoms with van der Waals surface area (Å²) in [6.45, 7) is 5.65. The van der Waals surface area contributed by atoms with E-state index < -0.39 is 0 Å². The van der Waals surface area contributed by atoms with Crippen molar-refractivity contribution in [3.05, 3.63) is 29.8 Å². The number of nitrogens with one attached hydrogen (secondary N) is 1. The Bertz CT molecular complexity index is 480. The van der Waals surface area contributed by atoms with Crippen molar-refractivity contribution in [1.29, 1.82) is 0 Å². The molecule has 1 fully saturated rings. The van der Waals surface area contributed by atoms with Gasteiger partial charge in [0.2, 0.25) is 11.8 Å². The molecule has 20 heavy (non-hydrogen) atoms. The van der Waals surface area contributed by atoms with Crippen molar-refractivity contribution in [2.45, 2.75) is 33.1 Å². The molecular weight excluding hydrogens is 252 g/mol. The Morgan fingerprint density at radius 3 is 2.55 bits per heavy atom. The number of nitrogens with zero attached hydrogens (tertiary/aromatic N) is 1. The zero-order valence-corrected chi connectivity index (χ0v) is 12.2. The molecule has 1 aromatic carbocycles. The molecule has 1 saturated heterocycles. The van der Waals surface area contributed by atoms with Gasteiger partial charge in [-0.2, -0.15) is 0 Å². The van der Waals surface area contributed by atoms with E-state index in [0.717, 1.165) is 24.2 Å². The minimum absolute atomic E-state index is 0.0451. The van der Waals surface area contributed by atoms with E-state index in [9.17, 15) is 9.59 Å². The molecule has 108 valence electrons. The summed E-state index contributed by atoms with van der Waals surface area (Å²) in [4.78, 5) is 25.2. The van der Waals surface area contributed by atoms with Gasteiger partial charge in [-0.15, -0.1) is 0 Å². The molecule has 0 aromatic heterocycles. The molecule has 1 aliphatic heterocycles. The van der Waals surface area contributed by atoms with E-state index in [2.05, 4.69) is 19.2 Å². The lowest BCUT2D eigenvalue weighted by Crippen LogP contribution is -2.28. The highest BCUT2D eigenvalue weighted by molar-refractivity contribution is 5.95. The van der Waals surface area contributed by atoms with Gasteiger partial charge in [0.15, 0.2) is 0 Å². The van der Waals surface area contributed by atoms with Crippen molar-refractivity contribution in [2.75, 3.05) is 18.0 Å². The van der Waals surface area contributed by atoms with E-state index in [1.165, 1.54) is 0 Å². The smallest absolute Gasteiger partial charge is 0.227 e. The van der Waals surface area contributed by atoms with Crippen molar-refractivity contribution in [3.8, 4) is 0 Å². The quantitative estimate of drug-likeness (QED) is 0.894. The van der Waals surface area contributed by atoms with Gasteiger partial charge in [-0.1, -0.05) is 26.0 Å². The number of hydrogen-bond acceptors (Lipinski definition) is 2. The predicted octanol–water partition coefficient (Wildman–Crippen LogP) is 2.13. The van der Waals surface area contributed by atoms with E-state index in [1.54, 1.807) is 0 Å². The molecule has 1 aromatic rings. The highest BCUT2D eigenvalue weighted by Gasteiger charge is 2.21. The number of rotatable bonds is 5. The fraction of sp³-hybridized carbons (Fsp3) is 0.500. The summed E-state index contributed by atoms with van der Waals surface area (Å²) < 4.78 is 0. The first-order chi connectivity index (χ1) is 9.56. The van der Waals surface area contributed by atoms with Gasteiger partial charge in [-0.05, 0) is 30.0 Å². The predicted molar refractivity (Wildman–Crippen MR) is 79.6 cm³/mol. The first-order valence-corrected chi connectivity index (χ1v) is 7.22. The number of carbonyl (C=O) groups excluding carboxylic acids is 2. The number of benzene rings is 1. The molecular formula is C16H22N2O2. The molecule has 1 heterocycles. The topological polar surface area (TPSA) is 49.4 Å². The van der Waals surface area contributed by atoms with Crippen LogP contribution in [0.25, 0.3) is 0 Å². The number of amides is 2. The molecule has 0 bridgehead atoms. The first-order valence-electron chi connectivity index (χ1n) is 7.22. The van der Waals surface area contributed by atoms with Gasteiger partial charge in [0.1, 0.15) is 0 Å². The van der Waals surface area contributed by atoms with E-state index in [-0.39, 0.29) is 11.8 Å². The molecule has 4 nitrogen and oxygen atoms in total. The first kappa shape index (κ1) is 14.6. The maximum atomic E-state index is 11.7. The Kier molecular flexibility index (Phi) is 4.77. The Morgan fingerprint density at radius 2 is 2.00 bits per heavy atom. The summed E-state index contributed by atoms with van der Waals surface area (Å²) in [6.07, 6.45) is 1.96. The van der Waals surface area contributed by atoms with Crippen LogP contribution in [-0.4, -0.2) is 24.9 Å². The Balaban J connectivity index is 1.91. The van der Waals surface area contributed by atoms with Crippen LogP contribution in [-0.2, 0) is 16.0 Å². The fourth-order valence-electron chi connectivity index (χ4n) is 2.28. The maximum Gasteiger partial charge on any atom is 0.227 e. The van der Waals surface area contributed by atoms with Crippen LogP contribution in [0.5, 0.6) is 0 Å². The van der Waals surface area contributed by atoms with Crippen LogP contribution >= 0.6 is 0 Å². The van der Waals surface area contributed by atoms with Gasteiger partial charge >= 0.3 is 0 Å². The summed E-state index contributed by atoms with van der Waals surface area (Å²) in [5.41, 5.74) is 1.90. The van der Waals surface area contributed by atoms with Gasteiger partial charge in [0.05, 0.1) is 6.42 Å². The van der Waals surface area contributed by atoms with Crippen molar-refractivity contribution in [1.82, 2.24) is 5.32 Å². The third-order valence-corrected chi connectivity index (χ3v) is 3.39. The zero-order chi connectivity index (χ0) is 14.5. The molecule has 1 aliphatic rings. The molecule has 0 spiro atoms. The Hall–Kier alpha value is -1.84. The maximum absolute atomic E-state index is 11.7. The van der Waals surface area contributed by atoms with Crippen molar-refractivity contribution in [2.24, 2.45) is 5.92 Å². The monoisotopic (exact) mass is 274 g/mol. The molecule has 0 aliphatic carbocycles. The largest absolute Gasteiger partial charge is 0.356 e. The standard InChI is InChI=1S/C16H22N2O2/c1-12(2)11-17-15(19)10-13-5-7-14(8-6-13)18-9-3-4-16(18)20/h5-8,12H,3-4,9-11H2,1-2H3,(H,17,19). The van der Waals surface area contributed by atoms with Crippen molar-refractivity contribution in [3.63, 3.8) is 0 Å². The second-order valence-electron chi connectivity index (χ2n) is 5.69. The zero-order valence-electron chi connectivity index (χ0n) is 12.2. The molecule has 0 atom stereocenters. The van der Waals surface area contributed by atoms with Crippen LogP contribution in [0.15, 0.2) is 24.3 Å². The molecule has 0 unspecified atom stereocenters. The van der Waals surface area contributed by atoms with E-state index in [1.807, 2.05) is 29.2 Å².